The van der Waals surface area contributed by atoms with E-state index in [4.69, 9.17) is 15.7 Å². The van der Waals surface area contributed by atoms with E-state index in [1.165, 1.54) is 4.90 Å². The van der Waals surface area contributed by atoms with E-state index < -0.39 is 0 Å². The number of amidine groups is 1. The van der Waals surface area contributed by atoms with E-state index in [2.05, 4.69) is 5.16 Å². The molecule has 1 aliphatic heterocycles. The SMILES string of the molecule is CN(C(=O)C1CCCO1)c1cccc(C(N)=NO)c1. The summed E-state index contributed by atoms with van der Waals surface area (Å²) in [5.41, 5.74) is 6.78. The maximum absolute atomic E-state index is 12.2. The number of amides is 1. The molecule has 1 fully saturated rings. The number of hydrogen-bond donors (Lipinski definition) is 2. The monoisotopic (exact) mass is 263 g/mol. The molecule has 19 heavy (non-hydrogen) atoms. The summed E-state index contributed by atoms with van der Waals surface area (Å²) < 4.78 is 5.38. The predicted molar refractivity (Wildman–Crippen MR) is 71.3 cm³/mol. The van der Waals surface area contributed by atoms with Crippen molar-refractivity contribution in [3.63, 3.8) is 0 Å². The molecule has 6 nitrogen and oxygen atoms in total. The molecule has 0 saturated carbocycles. The van der Waals surface area contributed by atoms with E-state index in [1.807, 2.05) is 0 Å². The number of carbonyl (C=O) groups excluding carboxylic acids is 1. The van der Waals surface area contributed by atoms with Crippen LogP contribution in [0.2, 0.25) is 0 Å². The van der Waals surface area contributed by atoms with Crippen LogP contribution in [0, 0.1) is 0 Å². The van der Waals surface area contributed by atoms with Crippen LogP contribution in [0.15, 0.2) is 29.4 Å². The van der Waals surface area contributed by atoms with Crippen LogP contribution in [-0.2, 0) is 9.53 Å². The van der Waals surface area contributed by atoms with Crippen LogP contribution in [0.4, 0.5) is 5.69 Å². The molecule has 1 unspecified atom stereocenters. The molecule has 1 atom stereocenters. The second-order valence-electron chi connectivity index (χ2n) is 4.43. The Labute approximate surface area is 111 Å². The van der Waals surface area contributed by atoms with Gasteiger partial charge in [0.05, 0.1) is 0 Å². The van der Waals surface area contributed by atoms with Crippen molar-refractivity contribution >= 4 is 17.4 Å². The molecule has 0 radical (unpaired) electrons. The number of benzene rings is 1. The fourth-order valence-corrected chi connectivity index (χ4v) is 2.05. The van der Waals surface area contributed by atoms with Crippen LogP contribution >= 0.6 is 0 Å². The van der Waals surface area contributed by atoms with Gasteiger partial charge in [-0.2, -0.15) is 0 Å². The molecule has 0 aromatic heterocycles. The van der Waals surface area contributed by atoms with Gasteiger partial charge in [-0.1, -0.05) is 17.3 Å². The van der Waals surface area contributed by atoms with Gasteiger partial charge in [0.2, 0.25) is 0 Å². The van der Waals surface area contributed by atoms with E-state index in [-0.39, 0.29) is 17.8 Å². The Morgan fingerprint density at radius 3 is 3.00 bits per heavy atom. The Balaban J connectivity index is 2.18. The standard InChI is InChI=1S/C13H17N3O3/c1-16(13(17)11-6-3-7-19-11)10-5-2-4-9(8-10)12(14)15-18/h2,4-5,8,11,18H,3,6-7H2,1H3,(H2,14,15). The summed E-state index contributed by atoms with van der Waals surface area (Å²) in [6.07, 6.45) is 1.30. The maximum Gasteiger partial charge on any atom is 0.255 e. The molecule has 1 amide bonds. The van der Waals surface area contributed by atoms with Crippen molar-refractivity contribution in [2.24, 2.45) is 10.9 Å². The number of anilines is 1. The zero-order valence-electron chi connectivity index (χ0n) is 10.7. The molecule has 1 aromatic carbocycles. The van der Waals surface area contributed by atoms with Crippen LogP contribution < -0.4 is 10.6 Å². The van der Waals surface area contributed by atoms with Gasteiger partial charge >= 0.3 is 0 Å². The molecule has 0 bridgehead atoms. The fraction of sp³-hybridized carbons (Fsp3) is 0.385. The van der Waals surface area contributed by atoms with Crippen molar-refractivity contribution in [3.8, 4) is 0 Å². The third-order valence-corrected chi connectivity index (χ3v) is 3.17. The number of likely N-dealkylation sites (N-methyl/N-ethyl adjacent to an activating group) is 1. The zero-order chi connectivity index (χ0) is 13.8. The van der Waals surface area contributed by atoms with E-state index >= 15 is 0 Å². The predicted octanol–water partition coefficient (Wildman–Crippen LogP) is 0.923. The van der Waals surface area contributed by atoms with Gasteiger partial charge in [0, 0.05) is 24.9 Å². The summed E-state index contributed by atoms with van der Waals surface area (Å²) in [7, 11) is 1.69. The van der Waals surface area contributed by atoms with Crippen molar-refractivity contribution in [2.45, 2.75) is 18.9 Å². The lowest BCUT2D eigenvalue weighted by Crippen LogP contribution is -2.36. The first-order valence-corrected chi connectivity index (χ1v) is 6.10. The molecule has 0 aliphatic carbocycles. The Kier molecular flexibility index (Phi) is 4.01. The quantitative estimate of drug-likeness (QED) is 0.367. The van der Waals surface area contributed by atoms with Gasteiger partial charge in [0.1, 0.15) is 6.10 Å². The molecule has 102 valence electrons. The van der Waals surface area contributed by atoms with Crippen LogP contribution in [-0.4, -0.2) is 36.7 Å². The van der Waals surface area contributed by atoms with Gasteiger partial charge in [0.25, 0.3) is 5.91 Å². The van der Waals surface area contributed by atoms with Crippen molar-refractivity contribution in [1.29, 1.82) is 0 Å². The molecule has 1 saturated heterocycles. The molecule has 0 spiro atoms. The van der Waals surface area contributed by atoms with Crippen molar-refractivity contribution in [2.75, 3.05) is 18.6 Å². The number of rotatable bonds is 3. The Hall–Kier alpha value is -2.08. The average molecular weight is 263 g/mol. The molecule has 1 heterocycles. The van der Waals surface area contributed by atoms with Crippen molar-refractivity contribution in [3.05, 3.63) is 29.8 Å². The van der Waals surface area contributed by atoms with Crippen LogP contribution in [0.3, 0.4) is 0 Å². The van der Waals surface area contributed by atoms with Gasteiger partial charge in [-0.25, -0.2) is 0 Å². The van der Waals surface area contributed by atoms with Crippen molar-refractivity contribution in [1.82, 2.24) is 0 Å². The van der Waals surface area contributed by atoms with E-state index in [1.54, 1.807) is 31.3 Å². The minimum absolute atomic E-state index is 0.0137. The topological polar surface area (TPSA) is 88.2 Å². The first-order chi connectivity index (χ1) is 9.13. The first kappa shape index (κ1) is 13.4. The van der Waals surface area contributed by atoms with E-state index in [9.17, 15) is 4.79 Å². The molecular formula is C13H17N3O3. The van der Waals surface area contributed by atoms with Gasteiger partial charge in [0.15, 0.2) is 5.84 Å². The minimum atomic E-state index is -0.363. The summed E-state index contributed by atoms with van der Waals surface area (Å²) >= 11 is 0. The molecule has 3 N–H and O–H groups in total. The molecule has 2 rings (SSSR count). The summed E-state index contributed by atoms with van der Waals surface area (Å²) in [4.78, 5) is 13.7. The minimum Gasteiger partial charge on any atom is -0.409 e. The van der Waals surface area contributed by atoms with Gasteiger partial charge in [-0.05, 0) is 25.0 Å². The normalized spacial score (nSPS) is 19.4. The Morgan fingerprint density at radius 2 is 2.37 bits per heavy atom. The van der Waals surface area contributed by atoms with E-state index in [0.717, 1.165) is 12.8 Å². The first-order valence-electron chi connectivity index (χ1n) is 6.10. The molecule has 6 heteroatoms. The van der Waals surface area contributed by atoms with Crippen LogP contribution in [0.5, 0.6) is 0 Å². The summed E-state index contributed by atoms with van der Waals surface area (Å²) in [5.74, 6) is -0.0611. The highest BCUT2D eigenvalue weighted by Gasteiger charge is 2.27. The van der Waals surface area contributed by atoms with E-state index in [0.29, 0.717) is 17.9 Å². The van der Waals surface area contributed by atoms with Crippen LogP contribution in [0.1, 0.15) is 18.4 Å². The van der Waals surface area contributed by atoms with Gasteiger partial charge in [-0.3, -0.25) is 4.79 Å². The van der Waals surface area contributed by atoms with Crippen LogP contribution in [0.25, 0.3) is 0 Å². The lowest BCUT2D eigenvalue weighted by molar-refractivity contribution is -0.127. The summed E-state index contributed by atoms with van der Waals surface area (Å²) in [5, 5.41) is 11.6. The Morgan fingerprint density at radius 1 is 1.58 bits per heavy atom. The number of nitrogens with zero attached hydrogens (tertiary/aromatic N) is 2. The average Bonchev–Trinajstić information content (AvgIpc) is 2.99. The van der Waals surface area contributed by atoms with Crippen molar-refractivity contribution < 1.29 is 14.7 Å². The Bertz CT molecular complexity index is 496. The molecule has 1 aliphatic rings. The molecule has 1 aromatic rings. The third-order valence-electron chi connectivity index (χ3n) is 3.17. The number of oxime groups is 1. The lowest BCUT2D eigenvalue weighted by atomic mass is 10.1. The number of ether oxygens (including phenoxy) is 1. The highest BCUT2D eigenvalue weighted by molar-refractivity contribution is 6.00. The second-order valence-corrected chi connectivity index (χ2v) is 4.43. The zero-order valence-corrected chi connectivity index (χ0v) is 10.7. The smallest absolute Gasteiger partial charge is 0.255 e. The fourth-order valence-electron chi connectivity index (χ4n) is 2.05. The third kappa shape index (κ3) is 2.85. The maximum atomic E-state index is 12.2. The highest BCUT2D eigenvalue weighted by atomic mass is 16.5. The van der Waals surface area contributed by atoms with Gasteiger partial charge < -0.3 is 20.6 Å². The second kappa shape index (κ2) is 5.71. The number of nitrogens with two attached hydrogens (primary N) is 1. The number of carbonyl (C=O) groups is 1. The largest absolute Gasteiger partial charge is 0.409 e. The lowest BCUT2D eigenvalue weighted by Gasteiger charge is -2.21. The summed E-state index contributed by atoms with van der Waals surface area (Å²) in [6, 6.07) is 6.95. The summed E-state index contributed by atoms with van der Waals surface area (Å²) in [6.45, 7) is 0.633. The highest BCUT2D eigenvalue weighted by Crippen LogP contribution is 2.20. The number of hydrogen-bond acceptors (Lipinski definition) is 4. The molecular weight excluding hydrogens is 246 g/mol. The van der Waals surface area contributed by atoms with Gasteiger partial charge in [-0.15, -0.1) is 0 Å².